The van der Waals surface area contributed by atoms with Crippen molar-refractivity contribution >= 4 is 11.8 Å². The Bertz CT molecular complexity index is 323. The van der Waals surface area contributed by atoms with E-state index in [2.05, 4.69) is 0 Å². The van der Waals surface area contributed by atoms with E-state index in [1.165, 1.54) is 17.0 Å². The van der Waals surface area contributed by atoms with Gasteiger partial charge in [0.05, 0.1) is 6.54 Å². The third-order valence-electron chi connectivity index (χ3n) is 1.90. The number of hydrogen-bond donors (Lipinski definition) is 0. The predicted octanol–water partition coefficient (Wildman–Crippen LogP) is 1.78. The number of carbonyl (C=O) groups is 1. The van der Waals surface area contributed by atoms with Gasteiger partial charge in [0.2, 0.25) is 0 Å². The van der Waals surface area contributed by atoms with Gasteiger partial charge in [-0.1, -0.05) is 0 Å². The molecule has 1 aliphatic heterocycles. The van der Waals surface area contributed by atoms with E-state index >= 15 is 0 Å². The fourth-order valence-corrected chi connectivity index (χ4v) is 1.25. The summed E-state index contributed by atoms with van der Waals surface area (Å²) in [7, 11) is 0. The first-order valence-electron chi connectivity index (χ1n) is 3.97. The van der Waals surface area contributed by atoms with Gasteiger partial charge in [0.1, 0.15) is 12.4 Å². The summed E-state index contributed by atoms with van der Waals surface area (Å²) in [6.07, 6.45) is -0.369. The first-order chi connectivity index (χ1) is 6.27. The average molecular weight is 181 g/mol. The Morgan fingerprint density at radius 1 is 1.31 bits per heavy atom. The van der Waals surface area contributed by atoms with Crippen LogP contribution in [0.2, 0.25) is 0 Å². The van der Waals surface area contributed by atoms with Crippen molar-refractivity contribution in [3.63, 3.8) is 0 Å². The Morgan fingerprint density at radius 3 is 2.54 bits per heavy atom. The lowest BCUT2D eigenvalue weighted by Crippen LogP contribution is -2.23. The summed E-state index contributed by atoms with van der Waals surface area (Å²) >= 11 is 0. The average Bonchev–Trinajstić information content (AvgIpc) is 2.53. The molecule has 0 spiro atoms. The van der Waals surface area contributed by atoms with Crippen molar-refractivity contribution < 1.29 is 13.9 Å². The summed E-state index contributed by atoms with van der Waals surface area (Å²) in [4.78, 5) is 12.5. The van der Waals surface area contributed by atoms with Gasteiger partial charge >= 0.3 is 6.09 Å². The molecule has 1 amide bonds. The molecule has 0 atom stereocenters. The van der Waals surface area contributed by atoms with Gasteiger partial charge in [0.25, 0.3) is 0 Å². The summed E-state index contributed by atoms with van der Waals surface area (Å²) in [6, 6.07) is 5.76. The van der Waals surface area contributed by atoms with E-state index < -0.39 is 0 Å². The standard InChI is InChI=1S/C9H8FNO2/c10-7-1-3-8(4-2-7)11-5-6-13-9(11)12/h1-4H,5-6H2. The second-order valence-corrected chi connectivity index (χ2v) is 2.74. The second kappa shape index (κ2) is 3.05. The zero-order chi connectivity index (χ0) is 9.26. The van der Waals surface area contributed by atoms with Gasteiger partial charge < -0.3 is 4.74 Å². The molecule has 1 aliphatic rings. The Balaban J connectivity index is 2.25. The van der Waals surface area contributed by atoms with E-state index in [0.29, 0.717) is 18.8 Å². The Morgan fingerprint density at radius 2 is 2.00 bits per heavy atom. The van der Waals surface area contributed by atoms with E-state index in [-0.39, 0.29) is 11.9 Å². The lowest BCUT2D eigenvalue weighted by molar-refractivity contribution is 0.181. The fourth-order valence-electron chi connectivity index (χ4n) is 1.25. The summed E-state index contributed by atoms with van der Waals surface area (Å²) in [5, 5.41) is 0. The van der Waals surface area contributed by atoms with Gasteiger partial charge in [-0.15, -0.1) is 0 Å². The monoisotopic (exact) mass is 181 g/mol. The van der Waals surface area contributed by atoms with Crippen LogP contribution in [0.15, 0.2) is 24.3 Å². The van der Waals surface area contributed by atoms with Crippen LogP contribution in [0.1, 0.15) is 0 Å². The fraction of sp³-hybridized carbons (Fsp3) is 0.222. The van der Waals surface area contributed by atoms with Crippen LogP contribution in [0.3, 0.4) is 0 Å². The molecular formula is C9H8FNO2. The molecule has 0 bridgehead atoms. The zero-order valence-electron chi connectivity index (χ0n) is 6.87. The van der Waals surface area contributed by atoms with Crippen molar-refractivity contribution in [2.45, 2.75) is 0 Å². The van der Waals surface area contributed by atoms with Crippen LogP contribution in [0.25, 0.3) is 0 Å². The molecule has 4 heteroatoms. The summed E-state index contributed by atoms with van der Waals surface area (Å²) in [5.74, 6) is -0.309. The molecule has 1 fully saturated rings. The van der Waals surface area contributed by atoms with Crippen molar-refractivity contribution in [3.8, 4) is 0 Å². The molecular weight excluding hydrogens is 173 g/mol. The van der Waals surface area contributed by atoms with Gasteiger partial charge in [0, 0.05) is 5.69 Å². The number of ether oxygens (including phenoxy) is 1. The highest BCUT2D eigenvalue weighted by molar-refractivity contribution is 5.89. The molecule has 1 aromatic rings. The van der Waals surface area contributed by atoms with Crippen molar-refractivity contribution in [3.05, 3.63) is 30.1 Å². The number of nitrogens with zero attached hydrogens (tertiary/aromatic N) is 1. The molecule has 2 rings (SSSR count). The maximum absolute atomic E-state index is 12.5. The number of anilines is 1. The zero-order valence-corrected chi connectivity index (χ0v) is 6.87. The van der Waals surface area contributed by atoms with E-state index in [9.17, 15) is 9.18 Å². The van der Waals surface area contributed by atoms with Crippen LogP contribution in [0, 0.1) is 5.82 Å². The van der Waals surface area contributed by atoms with Crippen LogP contribution in [-0.2, 0) is 4.74 Å². The maximum atomic E-state index is 12.5. The topological polar surface area (TPSA) is 29.5 Å². The molecule has 0 saturated carbocycles. The third kappa shape index (κ3) is 1.47. The number of halogens is 1. The molecule has 68 valence electrons. The molecule has 1 aromatic carbocycles. The van der Waals surface area contributed by atoms with E-state index in [1.54, 1.807) is 12.1 Å². The number of benzene rings is 1. The Kier molecular flexibility index (Phi) is 1.88. The SMILES string of the molecule is O=C1OCCN1c1ccc(F)cc1. The molecule has 1 saturated heterocycles. The number of carbonyl (C=O) groups excluding carboxylic acids is 1. The lowest BCUT2D eigenvalue weighted by atomic mass is 10.3. The third-order valence-corrected chi connectivity index (χ3v) is 1.90. The quantitative estimate of drug-likeness (QED) is 0.660. The molecule has 0 aromatic heterocycles. The van der Waals surface area contributed by atoms with E-state index in [1.807, 2.05) is 0 Å². The first-order valence-corrected chi connectivity index (χ1v) is 3.97. The lowest BCUT2D eigenvalue weighted by Gasteiger charge is -2.11. The number of cyclic esters (lactones) is 1. The largest absolute Gasteiger partial charge is 0.447 e. The van der Waals surface area contributed by atoms with Gasteiger partial charge in [-0.05, 0) is 24.3 Å². The smallest absolute Gasteiger partial charge is 0.414 e. The number of hydrogen-bond acceptors (Lipinski definition) is 2. The van der Waals surface area contributed by atoms with Gasteiger partial charge in [-0.2, -0.15) is 0 Å². The van der Waals surface area contributed by atoms with Crippen molar-refractivity contribution in [2.75, 3.05) is 18.1 Å². The molecule has 13 heavy (non-hydrogen) atoms. The molecule has 0 unspecified atom stereocenters. The molecule has 0 radical (unpaired) electrons. The van der Waals surface area contributed by atoms with Crippen molar-refractivity contribution in [1.29, 1.82) is 0 Å². The minimum atomic E-state index is -0.369. The summed E-state index contributed by atoms with van der Waals surface area (Å²) in [5.41, 5.74) is 0.670. The van der Waals surface area contributed by atoms with Crippen LogP contribution >= 0.6 is 0 Å². The van der Waals surface area contributed by atoms with Crippen LogP contribution in [0.4, 0.5) is 14.9 Å². The van der Waals surface area contributed by atoms with Crippen LogP contribution < -0.4 is 4.90 Å². The molecule has 3 nitrogen and oxygen atoms in total. The van der Waals surface area contributed by atoms with Gasteiger partial charge in [-0.25, -0.2) is 9.18 Å². The Labute approximate surface area is 74.7 Å². The maximum Gasteiger partial charge on any atom is 0.414 e. The second-order valence-electron chi connectivity index (χ2n) is 2.74. The number of amides is 1. The highest BCUT2D eigenvalue weighted by Gasteiger charge is 2.23. The minimum Gasteiger partial charge on any atom is -0.447 e. The number of rotatable bonds is 1. The van der Waals surface area contributed by atoms with Crippen LogP contribution in [0.5, 0.6) is 0 Å². The summed E-state index contributed by atoms with van der Waals surface area (Å²) in [6.45, 7) is 0.931. The van der Waals surface area contributed by atoms with E-state index in [4.69, 9.17) is 4.74 Å². The van der Waals surface area contributed by atoms with Gasteiger partial charge in [-0.3, -0.25) is 4.90 Å². The first kappa shape index (κ1) is 8.04. The van der Waals surface area contributed by atoms with E-state index in [0.717, 1.165) is 0 Å². The highest BCUT2D eigenvalue weighted by Crippen LogP contribution is 2.18. The summed E-state index contributed by atoms with van der Waals surface area (Å²) < 4.78 is 17.3. The predicted molar refractivity (Wildman–Crippen MR) is 45.1 cm³/mol. The van der Waals surface area contributed by atoms with Gasteiger partial charge in [0.15, 0.2) is 0 Å². The van der Waals surface area contributed by atoms with Crippen molar-refractivity contribution in [1.82, 2.24) is 0 Å². The van der Waals surface area contributed by atoms with Crippen LogP contribution in [-0.4, -0.2) is 19.2 Å². The Hall–Kier alpha value is -1.58. The molecule has 0 N–H and O–H groups in total. The normalized spacial score (nSPS) is 16.1. The van der Waals surface area contributed by atoms with Crippen molar-refractivity contribution in [2.24, 2.45) is 0 Å². The molecule has 1 heterocycles. The molecule has 0 aliphatic carbocycles. The highest BCUT2D eigenvalue weighted by atomic mass is 19.1. The minimum absolute atomic E-state index is 0.309.